The number of hydrogen-bond donors (Lipinski definition) is 2. The van der Waals surface area contributed by atoms with Crippen molar-refractivity contribution in [3.63, 3.8) is 0 Å². The van der Waals surface area contributed by atoms with Crippen LogP contribution < -0.4 is 5.32 Å². The minimum atomic E-state index is -0.906. The first-order chi connectivity index (χ1) is 9.60. The second-order valence-electron chi connectivity index (χ2n) is 8.21. The van der Waals surface area contributed by atoms with Crippen molar-refractivity contribution in [2.75, 3.05) is 13.1 Å². The molecular weight excluding hydrogens is 268 g/mol. The lowest BCUT2D eigenvalue weighted by Crippen LogP contribution is -2.61. The Balaban J connectivity index is 2.20. The van der Waals surface area contributed by atoms with Gasteiger partial charge in [0.15, 0.2) is 0 Å². The molecule has 1 heterocycles. The second kappa shape index (κ2) is 5.59. The zero-order valence-corrected chi connectivity index (χ0v) is 13.6. The van der Waals surface area contributed by atoms with E-state index in [9.17, 15) is 9.59 Å². The van der Waals surface area contributed by atoms with Gasteiger partial charge in [0.25, 0.3) is 0 Å². The first-order valence-electron chi connectivity index (χ1n) is 7.85. The molecule has 2 rings (SSSR count). The highest BCUT2D eigenvalue weighted by Gasteiger charge is 2.44. The summed E-state index contributed by atoms with van der Waals surface area (Å²) >= 11 is 0. The van der Waals surface area contributed by atoms with E-state index in [1.54, 1.807) is 0 Å². The molecule has 0 bridgehead atoms. The monoisotopic (exact) mass is 296 g/mol. The average molecular weight is 296 g/mol. The van der Waals surface area contributed by atoms with E-state index in [2.05, 4.69) is 37.9 Å². The van der Waals surface area contributed by atoms with Crippen molar-refractivity contribution in [2.45, 2.75) is 65.5 Å². The zero-order chi connectivity index (χ0) is 15.8. The van der Waals surface area contributed by atoms with E-state index < -0.39 is 12.0 Å². The first-order valence-corrected chi connectivity index (χ1v) is 7.85. The molecule has 21 heavy (non-hydrogen) atoms. The number of hydrogen-bond acceptors (Lipinski definition) is 3. The van der Waals surface area contributed by atoms with Crippen LogP contribution in [0.25, 0.3) is 0 Å². The Labute approximate surface area is 127 Å². The number of carboxylic acid groups (broad SMARTS) is 1. The van der Waals surface area contributed by atoms with Gasteiger partial charge in [0, 0.05) is 19.1 Å². The number of amides is 1. The van der Waals surface area contributed by atoms with Crippen molar-refractivity contribution in [1.29, 1.82) is 0 Å². The topological polar surface area (TPSA) is 69.6 Å². The van der Waals surface area contributed by atoms with Gasteiger partial charge in [-0.1, -0.05) is 27.7 Å². The Morgan fingerprint density at radius 1 is 1.29 bits per heavy atom. The van der Waals surface area contributed by atoms with Gasteiger partial charge in [-0.05, 0) is 30.1 Å². The van der Waals surface area contributed by atoms with Crippen LogP contribution in [0.3, 0.4) is 0 Å². The summed E-state index contributed by atoms with van der Waals surface area (Å²) in [4.78, 5) is 25.3. The van der Waals surface area contributed by atoms with Crippen LogP contribution in [-0.4, -0.2) is 47.1 Å². The van der Waals surface area contributed by atoms with Crippen molar-refractivity contribution >= 4 is 11.9 Å². The maximum atomic E-state index is 12.1. The molecule has 0 spiro atoms. The van der Waals surface area contributed by atoms with Crippen LogP contribution in [0.4, 0.5) is 0 Å². The highest BCUT2D eigenvalue weighted by Crippen LogP contribution is 2.47. The molecule has 1 atom stereocenters. The van der Waals surface area contributed by atoms with Gasteiger partial charge < -0.3 is 10.4 Å². The third-order valence-corrected chi connectivity index (χ3v) is 4.74. The highest BCUT2D eigenvalue weighted by molar-refractivity contribution is 5.86. The van der Waals surface area contributed by atoms with Crippen LogP contribution in [0.2, 0.25) is 0 Å². The van der Waals surface area contributed by atoms with Gasteiger partial charge >= 0.3 is 5.97 Å². The van der Waals surface area contributed by atoms with E-state index in [-0.39, 0.29) is 23.2 Å². The molecule has 5 heteroatoms. The van der Waals surface area contributed by atoms with Crippen LogP contribution in [0, 0.1) is 10.8 Å². The fraction of sp³-hybridized carbons (Fsp3) is 0.875. The summed E-state index contributed by atoms with van der Waals surface area (Å²) in [6, 6.07) is -0.231. The fourth-order valence-electron chi connectivity index (χ4n) is 4.57. The van der Waals surface area contributed by atoms with Gasteiger partial charge in [0.05, 0.1) is 12.5 Å². The number of nitrogens with one attached hydrogen (secondary N) is 1. The van der Waals surface area contributed by atoms with Gasteiger partial charge in [-0.25, -0.2) is 0 Å². The Kier molecular flexibility index (Phi) is 4.34. The molecule has 2 N–H and O–H groups in total. The van der Waals surface area contributed by atoms with Crippen molar-refractivity contribution in [1.82, 2.24) is 10.2 Å². The molecular formula is C16H28N2O3. The molecule has 0 aromatic heterocycles. The predicted octanol–water partition coefficient (Wildman–Crippen LogP) is 1.87. The molecule has 1 saturated heterocycles. The molecule has 0 aromatic rings. The number of rotatable bonds is 3. The molecule has 1 amide bonds. The Hall–Kier alpha value is -1.10. The number of aliphatic carboxylic acids is 1. The summed E-state index contributed by atoms with van der Waals surface area (Å²) < 4.78 is 0. The Morgan fingerprint density at radius 3 is 2.38 bits per heavy atom. The van der Waals surface area contributed by atoms with Crippen molar-refractivity contribution in [3.8, 4) is 0 Å². The summed E-state index contributed by atoms with van der Waals surface area (Å²) in [5.41, 5.74) is 0.461. The van der Waals surface area contributed by atoms with Gasteiger partial charge in [0.2, 0.25) is 5.91 Å². The van der Waals surface area contributed by atoms with Gasteiger partial charge in [-0.2, -0.15) is 0 Å². The molecule has 1 saturated carbocycles. The molecule has 0 aromatic carbocycles. The Morgan fingerprint density at radius 2 is 1.86 bits per heavy atom. The summed E-state index contributed by atoms with van der Waals surface area (Å²) in [6.07, 6.45) is 3.11. The maximum Gasteiger partial charge on any atom is 0.305 e. The Bertz CT molecular complexity index is 415. The zero-order valence-electron chi connectivity index (χ0n) is 13.6. The molecule has 1 aliphatic heterocycles. The van der Waals surface area contributed by atoms with Crippen molar-refractivity contribution in [2.24, 2.45) is 10.8 Å². The molecule has 1 unspecified atom stereocenters. The molecule has 120 valence electrons. The lowest BCUT2D eigenvalue weighted by molar-refractivity contribution is -0.145. The van der Waals surface area contributed by atoms with Gasteiger partial charge in [-0.15, -0.1) is 0 Å². The van der Waals surface area contributed by atoms with Crippen LogP contribution in [-0.2, 0) is 9.59 Å². The third-order valence-electron chi connectivity index (χ3n) is 4.74. The fourth-order valence-corrected chi connectivity index (χ4v) is 4.57. The summed E-state index contributed by atoms with van der Waals surface area (Å²) in [5.74, 6) is -1.04. The van der Waals surface area contributed by atoms with Crippen LogP contribution in [0.5, 0.6) is 0 Å². The maximum absolute atomic E-state index is 12.1. The smallest absolute Gasteiger partial charge is 0.305 e. The SMILES string of the molecule is CC1(C)CC(N2CCNC(=O)C2CC(=O)O)CC(C)(C)C1. The molecule has 0 radical (unpaired) electrons. The largest absolute Gasteiger partial charge is 0.481 e. The number of carboxylic acids is 1. The number of nitrogens with zero attached hydrogens (tertiary/aromatic N) is 1. The van der Waals surface area contributed by atoms with Crippen LogP contribution in [0.1, 0.15) is 53.4 Å². The van der Waals surface area contributed by atoms with E-state index in [0.717, 1.165) is 19.4 Å². The van der Waals surface area contributed by atoms with Crippen LogP contribution in [0.15, 0.2) is 0 Å². The van der Waals surface area contributed by atoms with Gasteiger partial charge in [-0.3, -0.25) is 14.5 Å². The summed E-state index contributed by atoms with van der Waals surface area (Å²) in [6.45, 7) is 10.5. The van der Waals surface area contributed by atoms with E-state index in [4.69, 9.17) is 5.11 Å². The molecule has 2 fully saturated rings. The molecule has 5 nitrogen and oxygen atoms in total. The van der Waals surface area contributed by atoms with Crippen LogP contribution >= 0.6 is 0 Å². The lowest BCUT2D eigenvalue weighted by atomic mass is 9.63. The quantitative estimate of drug-likeness (QED) is 0.834. The first kappa shape index (κ1) is 16.3. The predicted molar refractivity (Wildman–Crippen MR) is 81.0 cm³/mol. The molecule has 2 aliphatic rings. The summed E-state index contributed by atoms with van der Waals surface area (Å²) in [7, 11) is 0. The van der Waals surface area contributed by atoms with E-state index in [1.807, 2.05) is 0 Å². The van der Waals surface area contributed by atoms with E-state index in [1.165, 1.54) is 6.42 Å². The lowest BCUT2D eigenvalue weighted by Gasteiger charge is -2.51. The number of carbonyl (C=O) groups is 2. The van der Waals surface area contributed by atoms with Gasteiger partial charge in [0.1, 0.15) is 0 Å². The second-order valence-corrected chi connectivity index (χ2v) is 8.21. The minimum absolute atomic E-state index is 0.108. The number of carbonyl (C=O) groups excluding carboxylic acids is 1. The summed E-state index contributed by atoms with van der Waals surface area (Å²) in [5, 5.41) is 11.9. The standard InChI is InChI=1S/C16H28N2O3/c1-15(2)8-11(9-16(3,4)10-15)18-6-5-17-14(21)12(18)7-13(19)20/h11-12H,5-10H2,1-4H3,(H,17,21)(H,19,20). The third kappa shape index (κ3) is 3.96. The average Bonchev–Trinajstić information content (AvgIpc) is 2.27. The number of piperazine rings is 1. The highest BCUT2D eigenvalue weighted by atomic mass is 16.4. The minimum Gasteiger partial charge on any atom is -0.481 e. The van der Waals surface area contributed by atoms with Crippen molar-refractivity contribution < 1.29 is 14.7 Å². The van der Waals surface area contributed by atoms with E-state index >= 15 is 0 Å². The molecule has 1 aliphatic carbocycles. The van der Waals surface area contributed by atoms with Crippen molar-refractivity contribution in [3.05, 3.63) is 0 Å². The normalized spacial score (nSPS) is 29.9. The van der Waals surface area contributed by atoms with E-state index in [0.29, 0.717) is 12.6 Å².